The molecule has 38 heavy (non-hydrogen) atoms. The van der Waals surface area contributed by atoms with E-state index < -0.39 is 7.37 Å². The molecule has 1 aliphatic rings. The summed E-state index contributed by atoms with van der Waals surface area (Å²) in [5, 5.41) is 4.37. The Morgan fingerprint density at radius 3 is 2.53 bits per heavy atom. The fourth-order valence-electron chi connectivity index (χ4n) is 5.03. The third kappa shape index (κ3) is 6.78. The van der Waals surface area contributed by atoms with Gasteiger partial charge in [0.25, 0.3) is 13.3 Å². The van der Waals surface area contributed by atoms with Gasteiger partial charge in [-0.25, -0.2) is 0 Å². The van der Waals surface area contributed by atoms with Gasteiger partial charge in [0.05, 0.1) is 6.61 Å². The lowest BCUT2D eigenvalue weighted by molar-refractivity contribution is 0.0785. The number of nitrogens with one attached hydrogen (secondary N) is 1. The second-order valence-electron chi connectivity index (χ2n) is 9.82. The van der Waals surface area contributed by atoms with E-state index in [1.54, 1.807) is 36.2 Å². The molecule has 1 aliphatic heterocycles. The molecule has 8 heteroatoms. The summed E-state index contributed by atoms with van der Waals surface area (Å²) in [5.41, 5.74) is 2.66. The molecule has 1 fully saturated rings. The minimum Gasteiger partial charge on any atom is -0.337 e. The molecular formula is C30H39N4O3P. The summed E-state index contributed by atoms with van der Waals surface area (Å²) in [5.74, 6) is 0.323. The minimum absolute atomic E-state index is 0.126. The number of rotatable bonds is 11. The molecule has 1 unspecified atom stereocenters. The van der Waals surface area contributed by atoms with Crippen LogP contribution in [0.15, 0.2) is 72.9 Å². The first-order valence-electron chi connectivity index (χ1n) is 13.4. The Balaban J connectivity index is 1.45. The zero-order chi connectivity index (χ0) is 27.0. The van der Waals surface area contributed by atoms with Crippen molar-refractivity contribution in [1.29, 1.82) is 0 Å². The molecule has 1 atom stereocenters. The summed E-state index contributed by atoms with van der Waals surface area (Å²) in [6.45, 7) is 6.87. The maximum absolute atomic E-state index is 14.0. The fourth-order valence-corrected chi connectivity index (χ4v) is 7.15. The number of nitrogens with zero attached hydrogens (tertiary/aromatic N) is 3. The standard InChI is InChI=1S/C30H39N4O3P/c1-4-37-38(36,27-10-6-5-7-11-27)28-12-8-9-26(22-28)30(35)33(3)23-24-13-16-32-29(21-24)25-14-18-34(19-15-25)20-17-31-2/h5-13,16,21-22,25,31H,4,14-15,17-20,23H2,1-3H3. The van der Waals surface area contributed by atoms with Gasteiger partial charge in [-0.1, -0.05) is 24.3 Å². The van der Waals surface area contributed by atoms with Gasteiger partial charge in [0.2, 0.25) is 0 Å². The van der Waals surface area contributed by atoms with Crippen LogP contribution in [-0.4, -0.2) is 67.6 Å². The maximum atomic E-state index is 14.0. The predicted octanol–water partition coefficient (Wildman–Crippen LogP) is 4.02. The van der Waals surface area contributed by atoms with Crippen molar-refractivity contribution < 1.29 is 13.9 Å². The molecule has 1 N–H and O–H groups in total. The number of benzene rings is 2. The lowest BCUT2D eigenvalue weighted by Crippen LogP contribution is -2.37. The largest absolute Gasteiger partial charge is 0.337 e. The smallest absolute Gasteiger partial charge is 0.261 e. The second-order valence-corrected chi connectivity index (χ2v) is 12.2. The van der Waals surface area contributed by atoms with Gasteiger partial charge in [-0.15, -0.1) is 0 Å². The molecule has 7 nitrogen and oxygen atoms in total. The molecule has 1 saturated heterocycles. The van der Waals surface area contributed by atoms with E-state index >= 15 is 0 Å². The van der Waals surface area contributed by atoms with E-state index in [1.807, 2.05) is 56.6 Å². The number of carbonyl (C=O) groups excluding carboxylic acids is 1. The van der Waals surface area contributed by atoms with Gasteiger partial charge in [-0.2, -0.15) is 0 Å². The summed E-state index contributed by atoms with van der Waals surface area (Å²) in [4.78, 5) is 22.3. The summed E-state index contributed by atoms with van der Waals surface area (Å²) in [6, 6.07) is 20.4. The van der Waals surface area contributed by atoms with Gasteiger partial charge in [0.15, 0.2) is 0 Å². The van der Waals surface area contributed by atoms with Gasteiger partial charge in [-0.05, 0) is 87.9 Å². The number of amides is 1. The lowest BCUT2D eigenvalue weighted by Gasteiger charge is -2.31. The van der Waals surface area contributed by atoms with Crippen molar-refractivity contribution in [3.8, 4) is 0 Å². The number of likely N-dealkylation sites (N-methyl/N-ethyl adjacent to an activating group) is 1. The van der Waals surface area contributed by atoms with Crippen LogP contribution >= 0.6 is 7.37 Å². The van der Waals surface area contributed by atoms with E-state index in [2.05, 4.69) is 21.3 Å². The van der Waals surface area contributed by atoms with Crippen molar-refractivity contribution in [2.45, 2.75) is 32.2 Å². The lowest BCUT2D eigenvalue weighted by atomic mass is 9.92. The molecule has 2 aromatic carbocycles. The normalized spacial score (nSPS) is 16.2. The molecule has 0 aliphatic carbocycles. The van der Waals surface area contributed by atoms with Crippen LogP contribution in [0.3, 0.4) is 0 Å². The van der Waals surface area contributed by atoms with Crippen molar-refractivity contribution in [1.82, 2.24) is 20.1 Å². The molecule has 3 aromatic rings. The van der Waals surface area contributed by atoms with Crippen LogP contribution in [0.1, 0.15) is 47.3 Å². The summed E-state index contributed by atoms with van der Waals surface area (Å²) < 4.78 is 19.8. The number of piperidine rings is 1. The average Bonchev–Trinajstić information content (AvgIpc) is 2.96. The molecule has 1 aromatic heterocycles. The third-order valence-electron chi connectivity index (χ3n) is 7.14. The first-order valence-corrected chi connectivity index (χ1v) is 15.0. The van der Waals surface area contributed by atoms with Crippen LogP contribution in [0.25, 0.3) is 0 Å². The van der Waals surface area contributed by atoms with Gasteiger partial charge in [-0.3, -0.25) is 14.3 Å². The highest BCUT2D eigenvalue weighted by molar-refractivity contribution is 7.74. The number of carbonyl (C=O) groups is 1. The molecular weight excluding hydrogens is 495 g/mol. The molecule has 0 spiro atoms. The summed E-state index contributed by atoms with van der Waals surface area (Å²) in [6.07, 6.45) is 4.06. The van der Waals surface area contributed by atoms with Crippen molar-refractivity contribution in [3.63, 3.8) is 0 Å². The van der Waals surface area contributed by atoms with Crippen molar-refractivity contribution in [2.75, 3.05) is 46.9 Å². The van der Waals surface area contributed by atoms with Gasteiger partial charge >= 0.3 is 0 Å². The number of aromatic nitrogens is 1. The van der Waals surface area contributed by atoms with E-state index in [1.165, 1.54) is 0 Å². The topological polar surface area (TPSA) is 74.8 Å². The maximum Gasteiger partial charge on any atom is 0.261 e. The van der Waals surface area contributed by atoms with Crippen molar-refractivity contribution >= 4 is 23.9 Å². The number of likely N-dealkylation sites (tertiary alicyclic amines) is 1. The third-order valence-corrected chi connectivity index (χ3v) is 9.69. The Morgan fingerprint density at radius 1 is 1.08 bits per heavy atom. The first-order chi connectivity index (χ1) is 18.4. The van der Waals surface area contributed by atoms with E-state index in [0.29, 0.717) is 35.2 Å². The second kappa shape index (κ2) is 13.3. The van der Waals surface area contributed by atoms with Gasteiger partial charge in [0, 0.05) is 60.7 Å². The molecule has 2 heterocycles. The molecule has 0 bridgehead atoms. The van der Waals surface area contributed by atoms with E-state index in [9.17, 15) is 9.36 Å². The quantitative estimate of drug-likeness (QED) is 0.375. The van der Waals surface area contributed by atoms with Gasteiger partial charge in [0.1, 0.15) is 0 Å². The average molecular weight is 535 g/mol. The number of hydrogen-bond donors (Lipinski definition) is 1. The highest BCUT2D eigenvalue weighted by Gasteiger charge is 2.29. The molecule has 0 radical (unpaired) electrons. The van der Waals surface area contributed by atoms with Crippen LogP contribution < -0.4 is 15.9 Å². The zero-order valence-electron chi connectivity index (χ0n) is 22.7. The molecule has 4 rings (SSSR count). The summed E-state index contributed by atoms with van der Waals surface area (Å²) in [7, 11) is 0.484. The van der Waals surface area contributed by atoms with E-state index in [4.69, 9.17) is 4.52 Å². The number of hydrogen-bond acceptors (Lipinski definition) is 6. The van der Waals surface area contributed by atoms with Crippen LogP contribution in [0, 0.1) is 0 Å². The Morgan fingerprint density at radius 2 is 1.82 bits per heavy atom. The van der Waals surface area contributed by atoms with Crippen LogP contribution in [-0.2, 0) is 15.6 Å². The highest BCUT2D eigenvalue weighted by Crippen LogP contribution is 2.44. The Bertz CT molecular complexity index is 1250. The Kier molecular flexibility index (Phi) is 9.86. The van der Waals surface area contributed by atoms with Crippen LogP contribution in [0.5, 0.6) is 0 Å². The molecule has 1 amide bonds. The monoisotopic (exact) mass is 534 g/mol. The fraction of sp³-hybridized carbons (Fsp3) is 0.400. The first kappa shape index (κ1) is 28.2. The van der Waals surface area contributed by atoms with E-state index in [0.717, 1.165) is 50.3 Å². The van der Waals surface area contributed by atoms with Crippen LogP contribution in [0.2, 0.25) is 0 Å². The summed E-state index contributed by atoms with van der Waals surface area (Å²) >= 11 is 0. The van der Waals surface area contributed by atoms with Gasteiger partial charge < -0.3 is 19.6 Å². The Hall–Kier alpha value is -2.83. The van der Waals surface area contributed by atoms with Crippen molar-refractivity contribution in [2.24, 2.45) is 0 Å². The predicted molar refractivity (Wildman–Crippen MR) is 154 cm³/mol. The zero-order valence-corrected chi connectivity index (χ0v) is 23.6. The van der Waals surface area contributed by atoms with E-state index in [-0.39, 0.29) is 5.91 Å². The number of pyridine rings is 1. The highest BCUT2D eigenvalue weighted by atomic mass is 31.2. The molecule has 202 valence electrons. The van der Waals surface area contributed by atoms with Crippen LogP contribution in [0.4, 0.5) is 0 Å². The minimum atomic E-state index is -3.31. The Labute approximate surface area is 226 Å². The molecule has 0 saturated carbocycles. The SMILES string of the molecule is CCOP(=O)(c1ccccc1)c1cccc(C(=O)N(C)Cc2ccnc(C3CCN(CCNC)CC3)c2)c1. The van der Waals surface area contributed by atoms with Crippen molar-refractivity contribution in [3.05, 3.63) is 89.7 Å².